The normalized spacial score (nSPS) is 12.4. The van der Waals surface area contributed by atoms with E-state index in [-0.39, 0.29) is 11.2 Å². The minimum Gasteiger partial charge on any atom is -0.872 e. The highest BCUT2D eigenvalue weighted by atomic mass is 16.3. The van der Waals surface area contributed by atoms with Gasteiger partial charge in [-0.2, -0.15) is 5.10 Å². The lowest BCUT2D eigenvalue weighted by atomic mass is 9.86. The first kappa shape index (κ1) is 19.2. The Balaban J connectivity index is 2.10. The van der Waals surface area contributed by atoms with Crippen molar-refractivity contribution in [3.05, 3.63) is 60.3 Å². The van der Waals surface area contributed by atoms with Gasteiger partial charge in [-0.25, -0.2) is 4.68 Å². The Bertz CT molecular complexity index is 925. The highest BCUT2D eigenvalue weighted by Crippen LogP contribution is 2.33. The molecule has 0 aliphatic carbocycles. The predicted octanol–water partition coefficient (Wildman–Crippen LogP) is 4.25. The van der Waals surface area contributed by atoms with E-state index >= 15 is 0 Å². The molecule has 0 fully saturated rings. The van der Waals surface area contributed by atoms with E-state index in [2.05, 4.69) is 72.4 Å². The zero-order valence-corrected chi connectivity index (χ0v) is 17.2. The molecule has 2 aromatic carbocycles. The minimum absolute atomic E-state index is 0.00248. The molecule has 3 aromatic rings. The summed E-state index contributed by atoms with van der Waals surface area (Å²) in [6.45, 7) is 7.40. The molecule has 0 unspecified atom stereocenters. The van der Waals surface area contributed by atoms with Gasteiger partial charge in [-0.3, -0.25) is 0 Å². The third-order valence-electron chi connectivity index (χ3n) is 4.50. The van der Waals surface area contributed by atoms with Gasteiger partial charge < -0.3 is 9.59 Å². The molecule has 142 valence electrons. The van der Waals surface area contributed by atoms with Crippen molar-refractivity contribution in [1.82, 2.24) is 9.78 Å². The Morgan fingerprint density at radius 1 is 0.963 bits per heavy atom. The summed E-state index contributed by atoms with van der Waals surface area (Å²) in [5.74, 6) is 0.00248. The zero-order chi connectivity index (χ0) is 19.8. The van der Waals surface area contributed by atoms with Crippen LogP contribution in [0.4, 0.5) is 0 Å². The Kier molecular flexibility index (Phi) is 4.87. The summed E-state index contributed by atoms with van der Waals surface area (Å²) >= 11 is 0. The predicted molar refractivity (Wildman–Crippen MR) is 109 cm³/mol. The second-order valence-corrected chi connectivity index (χ2v) is 9.22. The van der Waals surface area contributed by atoms with E-state index in [0.717, 1.165) is 33.5 Å². The van der Waals surface area contributed by atoms with Crippen LogP contribution in [0.2, 0.25) is 0 Å². The van der Waals surface area contributed by atoms with Crippen molar-refractivity contribution >= 4 is 0 Å². The van der Waals surface area contributed by atoms with E-state index in [9.17, 15) is 5.11 Å². The molecular weight excluding hydrogens is 334 g/mol. The van der Waals surface area contributed by atoms with Gasteiger partial charge in [0.15, 0.2) is 6.67 Å². The van der Waals surface area contributed by atoms with Crippen LogP contribution in [0.5, 0.6) is 5.75 Å². The molecule has 4 heteroatoms. The van der Waals surface area contributed by atoms with Crippen LogP contribution in [0, 0.1) is 0 Å². The number of nitrogens with zero attached hydrogens (tertiary/aromatic N) is 3. The number of aromatic nitrogens is 2. The molecule has 4 nitrogen and oxygen atoms in total. The highest BCUT2D eigenvalue weighted by molar-refractivity contribution is 5.81. The Morgan fingerprint density at radius 2 is 1.63 bits per heavy atom. The van der Waals surface area contributed by atoms with Crippen LogP contribution in [-0.4, -0.2) is 35.4 Å². The van der Waals surface area contributed by atoms with Crippen molar-refractivity contribution in [2.45, 2.75) is 32.9 Å². The van der Waals surface area contributed by atoms with Crippen molar-refractivity contribution in [2.75, 3.05) is 21.1 Å². The van der Waals surface area contributed by atoms with Gasteiger partial charge in [0.2, 0.25) is 0 Å². The molecule has 0 N–H and O–H groups in total. The monoisotopic (exact) mass is 363 g/mol. The van der Waals surface area contributed by atoms with Crippen LogP contribution in [0.25, 0.3) is 22.4 Å². The lowest BCUT2D eigenvalue weighted by molar-refractivity contribution is -0.893. The fourth-order valence-electron chi connectivity index (χ4n) is 3.15. The van der Waals surface area contributed by atoms with Crippen LogP contribution < -0.4 is 5.11 Å². The molecule has 0 saturated carbocycles. The Hall–Kier alpha value is -2.59. The molecule has 1 heterocycles. The molecule has 0 atom stereocenters. The van der Waals surface area contributed by atoms with E-state index in [1.807, 2.05) is 10.7 Å². The molecule has 3 rings (SSSR count). The van der Waals surface area contributed by atoms with Gasteiger partial charge in [-0.05, 0) is 16.5 Å². The standard InChI is InChI=1S/C23H29N3O/c1-23(2,3)19-12-10-17(11-13-19)21-15-25(16-26(4,5)6)24-22(21)18-8-7-9-20(27)14-18/h7-15H,16H2,1-6H3. The van der Waals surface area contributed by atoms with Crippen molar-refractivity contribution in [3.8, 4) is 28.1 Å². The highest BCUT2D eigenvalue weighted by Gasteiger charge is 2.18. The summed E-state index contributed by atoms with van der Waals surface area (Å²) in [6, 6.07) is 15.6. The van der Waals surface area contributed by atoms with Crippen molar-refractivity contribution in [3.63, 3.8) is 0 Å². The van der Waals surface area contributed by atoms with Gasteiger partial charge in [0.1, 0.15) is 5.69 Å². The van der Waals surface area contributed by atoms with E-state index in [1.165, 1.54) is 5.56 Å². The maximum atomic E-state index is 11.9. The van der Waals surface area contributed by atoms with Crippen molar-refractivity contribution in [2.24, 2.45) is 0 Å². The molecule has 0 amide bonds. The van der Waals surface area contributed by atoms with Crippen LogP contribution in [0.3, 0.4) is 0 Å². The van der Waals surface area contributed by atoms with E-state index in [4.69, 9.17) is 5.10 Å². The summed E-state index contributed by atoms with van der Waals surface area (Å²) in [5, 5.41) is 16.7. The van der Waals surface area contributed by atoms with Crippen molar-refractivity contribution in [1.29, 1.82) is 0 Å². The van der Waals surface area contributed by atoms with Crippen LogP contribution in [-0.2, 0) is 12.1 Å². The van der Waals surface area contributed by atoms with Gasteiger partial charge in [-0.15, -0.1) is 5.75 Å². The average Bonchev–Trinajstić information content (AvgIpc) is 2.96. The number of rotatable bonds is 4. The Morgan fingerprint density at radius 3 is 2.19 bits per heavy atom. The Labute approximate surface area is 162 Å². The minimum atomic E-state index is 0.00248. The second-order valence-electron chi connectivity index (χ2n) is 9.22. The van der Waals surface area contributed by atoms with E-state index < -0.39 is 0 Å². The van der Waals surface area contributed by atoms with Crippen LogP contribution in [0.15, 0.2) is 54.7 Å². The average molecular weight is 364 g/mol. The smallest absolute Gasteiger partial charge is 0.173 e. The fourth-order valence-corrected chi connectivity index (χ4v) is 3.15. The summed E-state index contributed by atoms with van der Waals surface area (Å²) < 4.78 is 2.74. The summed E-state index contributed by atoms with van der Waals surface area (Å²) in [7, 11) is 6.41. The lowest BCUT2D eigenvalue weighted by Gasteiger charge is -2.23. The maximum absolute atomic E-state index is 11.9. The van der Waals surface area contributed by atoms with Gasteiger partial charge in [0.25, 0.3) is 0 Å². The molecule has 27 heavy (non-hydrogen) atoms. The van der Waals surface area contributed by atoms with Gasteiger partial charge in [-0.1, -0.05) is 69.3 Å². The maximum Gasteiger partial charge on any atom is 0.173 e. The quantitative estimate of drug-likeness (QED) is 0.650. The summed E-state index contributed by atoms with van der Waals surface area (Å²) in [4.78, 5) is 0. The molecular formula is C23H29N3O. The molecule has 0 aliphatic rings. The summed E-state index contributed by atoms with van der Waals surface area (Å²) in [5.41, 5.74) is 5.29. The van der Waals surface area contributed by atoms with E-state index in [1.54, 1.807) is 18.2 Å². The summed E-state index contributed by atoms with van der Waals surface area (Å²) in [6.07, 6.45) is 2.09. The first-order chi connectivity index (χ1) is 12.5. The largest absolute Gasteiger partial charge is 0.872 e. The van der Waals surface area contributed by atoms with Gasteiger partial charge >= 0.3 is 0 Å². The third kappa shape index (κ3) is 4.58. The SMILES string of the molecule is CC(C)(C)c1ccc(-c2cn(C[N+](C)(C)C)nc2-c2cccc([O-])c2)cc1. The number of hydrogen-bond donors (Lipinski definition) is 0. The molecule has 0 saturated heterocycles. The van der Waals surface area contributed by atoms with Crippen molar-refractivity contribution < 1.29 is 9.59 Å². The topological polar surface area (TPSA) is 40.9 Å². The first-order valence-electron chi connectivity index (χ1n) is 9.29. The molecule has 0 aliphatic heterocycles. The van der Waals surface area contributed by atoms with Gasteiger partial charge in [0, 0.05) is 17.3 Å². The lowest BCUT2D eigenvalue weighted by Crippen LogP contribution is -2.36. The second kappa shape index (κ2) is 6.86. The molecule has 0 bridgehead atoms. The third-order valence-corrected chi connectivity index (χ3v) is 4.50. The number of hydrogen-bond acceptors (Lipinski definition) is 2. The fraction of sp³-hybridized carbons (Fsp3) is 0.348. The van der Waals surface area contributed by atoms with E-state index in [0.29, 0.717) is 0 Å². The number of quaternary nitrogens is 1. The molecule has 0 radical (unpaired) electrons. The molecule has 0 spiro atoms. The number of benzene rings is 2. The zero-order valence-electron chi connectivity index (χ0n) is 17.2. The first-order valence-corrected chi connectivity index (χ1v) is 9.29. The molecule has 1 aromatic heterocycles. The van der Waals surface area contributed by atoms with Crippen LogP contribution in [0.1, 0.15) is 26.3 Å². The van der Waals surface area contributed by atoms with Gasteiger partial charge in [0.05, 0.1) is 21.1 Å². The van der Waals surface area contributed by atoms with Crippen LogP contribution >= 0.6 is 0 Å².